The number of ether oxygens (including phenoxy) is 2. The highest BCUT2D eigenvalue weighted by Gasteiger charge is 2.19. The van der Waals surface area contributed by atoms with Gasteiger partial charge in [-0.15, -0.1) is 11.3 Å². The molecule has 0 fully saturated rings. The summed E-state index contributed by atoms with van der Waals surface area (Å²) in [5.41, 5.74) is 1.18. The van der Waals surface area contributed by atoms with E-state index in [2.05, 4.69) is 10.3 Å². The van der Waals surface area contributed by atoms with Crippen LogP contribution >= 0.6 is 11.3 Å². The summed E-state index contributed by atoms with van der Waals surface area (Å²) in [6.45, 7) is 4.82. The highest BCUT2D eigenvalue weighted by molar-refractivity contribution is 7.15. The Morgan fingerprint density at radius 2 is 2.12 bits per heavy atom. The first kappa shape index (κ1) is 18.0. The average molecular weight is 372 g/mol. The second kappa shape index (κ2) is 8.05. The van der Waals surface area contributed by atoms with Gasteiger partial charge in [0.1, 0.15) is 0 Å². The number of oxazole rings is 1. The van der Waals surface area contributed by atoms with Crippen molar-refractivity contribution in [1.29, 1.82) is 0 Å². The molecular weight excluding hydrogens is 352 g/mol. The van der Waals surface area contributed by atoms with Crippen molar-refractivity contribution in [1.82, 2.24) is 10.3 Å². The molecule has 0 aliphatic rings. The zero-order chi connectivity index (χ0) is 18.5. The van der Waals surface area contributed by atoms with Crippen molar-refractivity contribution in [2.75, 3.05) is 13.7 Å². The molecule has 0 aliphatic carbocycles. The lowest BCUT2D eigenvalue weighted by Gasteiger charge is -2.11. The predicted molar refractivity (Wildman–Crippen MR) is 99.9 cm³/mol. The molecule has 0 atom stereocenters. The van der Waals surface area contributed by atoms with E-state index in [1.807, 2.05) is 44.2 Å². The Labute approximate surface area is 155 Å². The molecule has 0 aliphatic heterocycles. The predicted octanol–water partition coefficient (Wildman–Crippen LogP) is 4.05. The van der Waals surface area contributed by atoms with Gasteiger partial charge in [0, 0.05) is 11.4 Å². The van der Waals surface area contributed by atoms with E-state index in [-0.39, 0.29) is 11.6 Å². The Morgan fingerprint density at radius 3 is 2.81 bits per heavy atom. The van der Waals surface area contributed by atoms with Crippen LogP contribution in [0.2, 0.25) is 0 Å². The van der Waals surface area contributed by atoms with Crippen molar-refractivity contribution < 1.29 is 18.7 Å². The number of hydrogen-bond acceptors (Lipinski definition) is 6. The first-order valence-corrected chi connectivity index (χ1v) is 9.02. The van der Waals surface area contributed by atoms with E-state index in [9.17, 15) is 4.79 Å². The summed E-state index contributed by atoms with van der Waals surface area (Å²) in [6, 6.07) is 9.47. The van der Waals surface area contributed by atoms with Gasteiger partial charge in [-0.3, -0.25) is 4.79 Å². The first-order chi connectivity index (χ1) is 12.6. The number of carbonyl (C=O) groups excluding carboxylic acids is 1. The molecule has 1 N–H and O–H groups in total. The zero-order valence-electron chi connectivity index (χ0n) is 14.9. The summed E-state index contributed by atoms with van der Waals surface area (Å²) in [4.78, 5) is 18.6. The molecule has 3 rings (SSSR count). The van der Waals surface area contributed by atoms with Crippen molar-refractivity contribution in [3.8, 4) is 22.1 Å². The molecule has 2 aromatic heterocycles. The van der Waals surface area contributed by atoms with Crippen LogP contribution in [-0.2, 0) is 6.54 Å². The SMILES string of the molecule is CCOc1ccc(CNC(=O)c2ncoc2-c2ccc(C)s2)cc1OC. The van der Waals surface area contributed by atoms with Gasteiger partial charge >= 0.3 is 0 Å². The molecule has 7 heteroatoms. The number of carbonyl (C=O) groups is 1. The molecule has 1 aromatic carbocycles. The van der Waals surface area contributed by atoms with Crippen LogP contribution < -0.4 is 14.8 Å². The number of aryl methyl sites for hydroxylation is 1. The summed E-state index contributed by atoms with van der Waals surface area (Å²) < 4.78 is 16.3. The third-order valence-corrected chi connectivity index (χ3v) is 4.73. The quantitative estimate of drug-likeness (QED) is 0.677. The van der Waals surface area contributed by atoms with Crippen LogP contribution in [0.4, 0.5) is 0 Å². The average Bonchev–Trinajstić information content (AvgIpc) is 3.29. The number of methoxy groups -OCH3 is 1. The number of thiophene rings is 1. The van der Waals surface area contributed by atoms with E-state index in [1.54, 1.807) is 18.4 Å². The molecule has 0 radical (unpaired) electrons. The summed E-state index contributed by atoms with van der Waals surface area (Å²) in [6.07, 6.45) is 1.29. The van der Waals surface area contributed by atoms with Gasteiger partial charge in [-0.25, -0.2) is 4.98 Å². The van der Waals surface area contributed by atoms with E-state index in [4.69, 9.17) is 13.9 Å². The zero-order valence-corrected chi connectivity index (χ0v) is 15.7. The fourth-order valence-corrected chi connectivity index (χ4v) is 3.36. The van der Waals surface area contributed by atoms with E-state index < -0.39 is 0 Å². The monoisotopic (exact) mass is 372 g/mol. The number of nitrogens with one attached hydrogen (secondary N) is 1. The van der Waals surface area contributed by atoms with E-state index in [0.29, 0.717) is 30.4 Å². The largest absolute Gasteiger partial charge is 0.493 e. The number of nitrogens with zero attached hydrogens (tertiary/aromatic N) is 1. The fraction of sp³-hybridized carbons (Fsp3) is 0.263. The second-order valence-corrected chi connectivity index (χ2v) is 6.83. The van der Waals surface area contributed by atoms with Crippen LogP contribution in [-0.4, -0.2) is 24.6 Å². The lowest BCUT2D eigenvalue weighted by Crippen LogP contribution is -2.23. The summed E-state index contributed by atoms with van der Waals surface area (Å²) in [5.74, 6) is 1.52. The summed E-state index contributed by atoms with van der Waals surface area (Å²) in [5, 5.41) is 2.87. The molecular formula is C19H20N2O4S. The number of amides is 1. The molecule has 0 spiro atoms. The summed E-state index contributed by atoms with van der Waals surface area (Å²) in [7, 11) is 1.59. The maximum atomic E-state index is 12.5. The second-order valence-electron chi connectivity index (χ2n) is 5.54. The normalized spacial score (nSPS) is 10.6. The number of aromatic nitrogens is 1. The molecule has 0 bridgehead atoms. The van der Waals surface area contributed by atoms with Gasteiger partial charge < -0.3 is 19.2 Å². The van der Waals surface area contributed by atoms with Gasteiger partial charge in [0.15, 0.2) is 29.3 Å². The van der Waals surface area contributed by atoms with E-state index >= 15 is 0 Å². The highest BCUT2D eigenvalue weighted by Crippen LogP contribution is 2.30. The number of hydrogen-bond donors (Lipinski definition) is 1. The topological polar surface area (TPSA) is 73.6 Å². The Morgan fingerprint density at radius 1 is 1.27 bits per heavy atom. The van der Waals surface area contributed by atoms with Gasteiger partial charge in [0.25, 0.3) is 5.91 Å². The van der Waals surface area contributed by atoms with Crippen LogP contribution in [0.1, 0.15) is 27.9 Å². The third kappa shape index (κ3) is 3.88. The van der Waals surface area contributed by atoms with Gasteiger partial charge in [-0.05, 0) is 43.7 Å². The van der Waals surface area contributed by atoms with Crippen LogP contribution in [0.3, 0.4) is 0 Å². The van der Waals surface area contributed by atoms with Crippen LogP contribution in [0.5, 0.6) is 11.5 Å². The fourth-order valence-electron chi connectivity index (χ4n) is 2.50. The molecule has 1 amide bonds. The lowest BCUT2D eigenvalue weighted by atomic mass is 10.2. The summed E-state index contributed by atoms with van der Waals surface area (Å²) >= 11 is 1.56. The molecule has 6 nitrogen and oxygen atoms in total. The minimum absolute atomic E-state index is 0.282. The van der Waals surface area contributed by atoms with Gasteiger partial charge in [-0.2, -0.15) is 0 Å². The molecule has 2 heterocycles. The minimum atomic E-state index is -0.285. The van der Waals surface area contributed by atoms with Crippen molar-refractivity contribution in [2.45, 2.75) is 20.4 Å². The smallest absolute Gasteiger partial charge is 0.274 e. The molecule has 0 unspecified atom stereocenters. The molecule has 0 saturated carbocycles. The highest BCUT2D eigenvalue weighted by atomic mass is 32.1. The Kier molecular flexibility index (Phi) is 5.58. The number of rotatable bonds is 7. The third-order valence-electron chi connectivity index (χ3n) is 3.73. The van der Waals surface area contributed by atoms with Crippen LogP contribution in [0.15, 0.2) is 41.1 Å². The first-order valence-electron chi connectivity index (χ1n) is 8.20. The van der Waals surface area contributed by atoms with Crippen molar-refractivity contribution >= 4 is 17.2 Å². The number of benzene rings is 1. The molecule has 0 saturated heterocycles. The Balaban J connectivity index is 1.71. The Bertz CT molecular complexity index is 901. The maximum absolute atomic E-state index is 12.5. The lowest BCUT2D eigenvalue weighted by molar-refractivity contribution is 0.0946. The van der Waals surface area contributed by atoms with Crippen molar-refractivity contribution in [3.05, 3.63) is 52.9 Å². The Hall–Kier alpha value is -2.80. The van der Waals surface area contributed by atoms with Gasteiger partial charge in [0.2, 0.25) is 0 Å². The van der Waals surface area contributed by atoms with Crippen LogP contribution in [0.25, 0.3) is 10.6 Å². The van der Waals surface area contributed by atoms with E-state index in [0.717, 1.165) is 15.3 Å². The van der Waals surface area contributed by atoms with Gasteiger partial charge in [-0.1, -0.05) is 6.07 Å². The molecule has 26 heavy (non-hydrogen) atoms. The minimum Gasteiger partial charge on any atom is -0.493 e. The van der Waals surface area contributed by atoms with Crippen LogP contribution in [0, 0.1) is 6.92 Å². The molecule has 136 valence electrons. The van der Waals surface area contributed by atoms with Crippen molar-refractivity contribution in [2.24, 2.45) is 0 Å². The van der Waals surface area contributed by atoms with Crippen molar-refractivity contribution in [3.63, 3.8) is 0 Å². The standard InChI is InChI=1S/C19H20N2O4S/c1-4-24-14-7-6-13(9-15(14)23-3)10-20-19(22)17-18(25-11-21-17)16-8-5-12(2)26-16/h5-9,11H,4,10H2,1-3H3,(H,20,22). The molecule has 3 aromatic rings. The van der Waals surface area contributed by atoms with Gasteiger partial charge in [0.05, 0.1) is 18.6 Å². The van der Waals surface area contributed by atoms with E-state index in [1.165, 1.54) is 6.39 Å². The maximum Gasteiger partial charge on any atom is 0.274 e.